The molecule has 0 saturated carbocycles. The Bertz CT molecular complexity index is 532. The second kappa shape index (κ2) is 6.96. The fraction of sp³-hybridized carbons (Fsp3) is 0.438. The first kappa shape index (κ1) is 16.5. The van der Waals surface area contributed by atoms with Crippen LogP contribution in [0.1, 0.15) is 12.5 Å². The van der Waals surface area contributed by atoms with Gasteiger partial charge in [-0.05, 0) is 12.5 Å². The molecule has 2 rings (SSSR count). The van der Waals surface area contributed by atoms with Gasteiger partial charge in [0.25, 0.3) is 5.78 Å². The van der Waals surface area contributed by atoms with Crippen LogP contribution in [0.2, 0.25) is 0 Å². The van der Waals surface area contributed by atoms with E-state index in [0.717, 1.165) is 19.6 Å². The first-order valence-electron chi connectivity index (χ1n) is 7.17. The number of hydrogen-bond acceptors (Lipinski definition) is 3. The van der Waals surface area contributed by atoms with Crippen molar-refractivity contribution in [2.24, 2.45) is 0 Å². The number of hydrogen-bond donors (Lipinski definition) is 0. The van der Waals surface area contributed by atoms with Crippen LogP contribution in [0.15, 0.2) is 42.1 Å². The fourth-order valence-electron chi connectivity index (χ4n) is 2.46. The third-order valence-electron chi connectivity index (χ3n) is 3.74. The highest BCUT2D eigenvalue weighted by Crippen LogP contribution is 2.19. The number of benzene rings is 1. The normalized spacial score (nSPS) is 17.6. The van der Waals surface area contributed by atoms with Crippen LogP contribution < -0.4 is 0 Å². The van der Waals surface area contributed by atoms with Gasteiger partial charge < -0.3 is 4.90 Å². The highest BCUT2D eigenvalue weighted by atomic mass is 19.4. The number of rotatable bonds is 4. The van der Waals surface area contributed by atoms with Gasteiger partial charge in [0, 0.05) is 44.5 Å². The van der Waals surface area contributed by atoms with Crippen LogP contribution in [-0.2, 0) is 11.3 Å². The Labute approximate surface area is 128 Å². The molecule has 1 aromatic rings. The number of alkyl halides is 3. The molecule has 0 atom stereocenters. The molecule has 1 fully saturated rings. The highest BCUT2D eigenvalue weighted by Gasteiger charge is 2.36. The third-order valence-corrected chi connectivity index (χ3v) is 3.74. The summed E-state index contributed by atoms with van der Waals surface area (Å²) in [6.07, 6.45) is -4.11. The second-order valence-corrected chi connectivity index (χ2v) is 5.40. The van der Waals surface area contributed by atoms with Crippen molar-refractivity contribution in [3.63, 3.8) is 0 Å². The van der Waals surface area contributed by atoms with Crippen molar-refractivity contribution in [2.75, 3.05) is 26.2 Å². The minimum absolute atomic E-state index is 0.377. The molecular formula is C16H19F3N2O. The SMILES string of the molecule is C/C(=C\C(=O)C(F)(F)F)N1CCN(Cc2ccccc2)CC1. The average molecular weight is 312 g/mol. The lowest BCUT2D eigenvalue weighted by Crippen LogP contribution is -2.45. The monoisotopic (exact) mass is 312 g/mol. The number of piperazine rings is 1. The maximum atomic E-state index is 12.3. The van der Waals surface area contributed by atoms with Crippen LogP contribution in [0.4, 0.5) is 13.2 Å². The van der Waals surface area contributed by atoms with E-state index in [1.54, 1.807) is 6.92 Å². The molecule has 0 radical (unpaired) electrons. The molecule has 1 aliphatic heterocycles. The summed E-state index contributed by atoms with van der Waals surface area (Å²) >= 11 is 0. The van der Waals surface area contributed by atoms with E-state index in [4.69, 9.17) is 0 Å². The molecule has 1 aliphatic rings. The summed E-state index contributed by atoms with van der Waals surface area (Å²) in [4.78, 5) is 15.1. The zero-order chi connectivity index (χ0) is 16.2. The Hall–Kier alpha value is -1.82. The van der Waals surface area contributed by atoms with Crippen molar-refractivity contribution >= 4 is 5.78 Å². The zero-order valence-electron chi connectivity index (χ0n) is 12.4. The van der Waals surface area contributed by atoms with E-state index >= 15 is 0 Å². The Balaban J connectivity index is 1.86. The molecule has 1 saturated heterocycles. The van der Waals surface area contributed by atoms with E-state index in [0.29, 0.717) is 24.9 Å². The lowest BCUT2D eigenvalue weighted by Gasteiger charge is -2.36. The van der Waals surface area contributed by atoms with Gasteiger partial charge in [-0.2, -0.15) is 13.2 Å². The predicted molar refractivity (Wildman–Crippen MR) is 78.1 cm³/mol. The van der Waals surface area contributed by atoms with Gasteiger partial charge in [-0.15, -0.1) is 0 Å². The molecule has 0 bridgehead atoms. The lowest BCUT2D eigenvalue weighted by molar-refractivity contribution is -0.165. The van der Waals surface area contributed by atoms with Gasteiger partial charge >= 0.3 is 6.18 Å². The molecule has 0 amide bonds. The van der Waals surface area contributed by atoms with Gasteiger partial charge in [0.1, 0.15) is 0 Å². The summed E-state index contributed by atoms with van der Waals surface area (Å²) < 4.78 is 36.8. The fourth-order valence-corrected chi connectivity index (χ4v) is 2.46. The number of carbonyl (C=O) groups is 1. The summed E-state index contributed by atoms with van der Waals surface area (Å²) in [7, 11) is 0. The summed E-state index contributed by atoms with van der Waals surface area (Å²) in [5.74, 6) is -1.79. The predicted octanol–water partition coefficient (Wildman–Crippen LogP) is 2.84. The minimum Gasteiger partial charge on any atom is -0.372 e. The quantitative estimate of drug-likeness (QED) is 0.799. The van der Waals surface area contributed by atoms with Gasteiger partial charge in [-0.1, -0.05) is 30.3 Å². The molecule has 120 valence electrons. The van der Waals surface area contributed by atoms with Crippen molar-refractivity contribution < 1.29 is 18.0 Å². The largest absolute Gasteiger partial charge is 0.454 e. The van der Waals surface area contributed by atoms with Crippen LogP contribution >= 0.6 is 0 Å². The molecule has 0 spiro atoms. The van der Waals surface area contributed by atoms with Gasteiger partial charge in [0.15, 0.2) is 0 Å². The first-order chi connectivity index (χ1) is 10.4. The van der Waals surface area contributed by atoms with E-state index in [1.165, 1.54) is 5.56 Å². The van der Waals surface area contributed by atoms with Crippen molar-refractivity contribution in [1.29, 1.82) is 0 Å². The molecule has 0 N–H and O–H groups in total. The van der Waals surface area contributed by atoms with Crippen molar-refractivity contribution in [2.45, 2.75) is 19.6 Å². The number of carbonyl (C=O) groups excluding carboxylic acids is 1. The van der Waals surface area contributed by atoms with E-state index in [2.05, 4.69) is 17.0 Å². The third kappa shape index (κ3) is 4.59. The number of ketones is 1. The minimum atomic E-state index is -4.80. The van der Waals surface area contributed by atoms with Gasteiger partial charge in [0.05, 0.1) is 0 Å². The molecule has 3 nitrogen and oxygen atoms in total. The van der Waals surface area contributed by atoms with E-state index in [1.807, 2.05) is 23.1 Å². The number of nitrogens with zero attached hydrogens (tertiary/aromatic N) is 2. The van der Waals surface area contributed by atoms with Crippen LogP contribution in [0.25, 0.3) is 0 Å². The van der Waals surface area contributed by atoms with Crippen LogP contribution in [0.5, 0.6) is 0 Å². The van der Waals surface area contributed by atoms with Crippen LogP contribution in [0.3, 0.4) is 0 Å². The Kier molecular flexibility index (Phi) is 5.24. The van der Waals surface area contributed by atoms with Crippen molar-refractivity contribution in [3.8, 4) is 0 Å². The topological polar surface area (TPSA) is 23.6 Å². The Morgan fingerprint density at radius 3 is 2.27 bits per heavy atom. The second-order valence-electron chi connectivity index (χ2n) is 5.40. The van der Waals surface area contributed by atoms with Crippen LogP contribution in [-0.4, -0.2) is 47.9 Å². The summed E-state index contributed by atoms with van der Waals surface area (Å²) in [5, 5.41) is 0. The molecule has 1 heterocycles. The Morgan fingerprint density at radius 2 is 1.73 bits per heavy atom. The van der Waals surface area contributed by atoms with E-state index < -0.39 is 12.0 Å². The maximum Gasteiger partial charge on any atom is 0.454 e. The maximum absolute atomic E-state index is 12.3. The summed E-state index contributed by atoms with van der Waals surface area (Å²) in [6.45, 7) is 5.16. The summed E-state index contributed by atoms with van der Waals surface area (Å²) in [5.41, 5.74) is 1.59. The number of halogens is 3. The molecule has 22 heavy (non-hydrogen) atoms. The Morgan fingerprint density at radius 1 is 1.14 bits per heavy atom. The van der Waals surface area contributed by atoms with Gasteiger partial charge in [-0.25, -0.2) is 0 Å². The van der Waals surface area contributed by atoms with Gasteiger partial charge in [-0.3, -0.25) is 9.69 Å². The van der Waals surface area contributed by atoms with Crippen molar-refractivity contribution in [3.05, 3.63) is 47.7 Å². The zero-order valence-corrected chi connectivity index (χ0v) is 12.4. The molecule has 0 unspecified atom stereocenters. The first-order valence-corrected chi connectivity index (χ1v) is 7.17. The standard InChI is InChI=1S/C16H19F3N2O/c1-13(11-15(22)16(17,18)19)21-9-7-20(8-10-21)12-14-5-3-2-4-6-14/h2-6,11H,7-10,12H2,1H3/b13-11+. The van der Waals surface area contributed by atoms with Crippen LogP contribution in [0, 0.1) is 0 Å². The highest BCUT2D eigenvalue weighted by molar-refractivity contribution is 5.94. The molecule has 0 aromatic heterocycles. The molecule has 0 aliphatic carbocycles. The average Bonchev–Trinajstić information content (AvgIpc) is 2.48. The molecule has 6 heteroatoms. The number of allylic oxidation sites excluding steroid dienone is 2. The smallest absolute Gasteiger partial charge is 0.372 e. The molecule has 1 aromatic carbocycles. The van der Waals surface area contributed by atoms with E-state index in [-0.39, 0.29) is 0 Å². The van der Waals surface area contributed by atoms with E-state index in [9.17, 15) is 18.0 Å². The molecular weight excluding hydrogens is 293 g/mol. The summed E-state index contributed by atoms with van der Waals surface area (Å²) in [6, 6.07) is 10.1. The van der Waals surface area contributed by atoms with Gasteiger partial charge in [0.2, 0.25) is 0 Å². The lowest BCUT2D eigenvalue weighted by atomic mass is 10.2. The van der Waals surface area contributed by atoms with Crippen molar-refractivity contribution in [1.82, 2.24) is 9.80 Å².